The second-order valence-electron chi connectivity index (χ2n) is 4.99. The molecule has 0 spiro atoms. The third-order valence-electron chi connectivity index (χ3n) is 3.34. The molecule has 2 rings (SSSR count). The topological polar surface area (TPSA) is 53.1 Å². The van der Waals surface area contributed by atoms with Crippen LogP contribution in [0.15, 0.2) is 6.07 Å². The van der Waals surface area contributed by atoms with Crippen LogP contribution in [-0.2, 0) is 17.7 Å². The highest BCUT2D eigenvalue weighted by Gasteiger charge is 2.23. The minimum absolute atomic E-state index is 0.284. The van der Waals surface area contributed by atoms with Gasteiger partial charge in [0.15, 0.2) is 0 Å². The molecular weight excluding hydrogens is 214 g/mol. The lowest BCUT2D eigenvalue weighted by Gasteiger charge is -2.11. The highest BCUT2D eigenvalue weighted by Crippen LogP contribution is 2.21. The first-order valence-electron chi connectivity index (χ1n) is 6.66. The van der Waals surface area contributed by atoms with E-state index in [1.807, 2.05) is 10.7 Å². The molecule has 1 aliphatic heterocycles. The fourth-order valence-corrected chi connectivity index (χ4v) is 2.33. The van der Waals surface area contributed by atoms with Crippen LogP contribution in [0.4, 0.5) is 5.82 Å². The van der Waals surface area contributed by atoms with Gasteiger partial charge < -0.3 is 10.5 Å². The maximum atomic E-state index is 5.97. The molecule has 0 aromatic carbocycles. The quantitative estimate of drug-likeness (QED) is 0.855. The van der Waals surface area contributed by atoms with Crippen LogP contribution in [0.1, 0.15) is 45.2 Å². The van der Waals surface area contributed by atoms with E-state index in [1.165, 1.54) is 12.8 Å². The van der Waals surface area contributed by atoms with E-state index in [0.717, 1.165) is 37.3 Å². The Balaban J connectivity index is 1.93. The standard InChI is InChI=1S/C13H23N3O/c1-3-4-5-11-8-13(14)16(15-11)9-12-7-6-10(2)17-12/h8,10,12H,3-7,9,14H2,1-2H3/t10-,12?/m0/s1. The van der Waals surface area contributed by atoms with E-state index in [1.54, 1.807) is 0 Å². The minimum atomic E-state index is 0.284. The summed E-state index contributed by atoms with van der Waals surface area (Å²) in [4.78, 5) is 0. The zero-order chi connectivity index (χ0) is 12.3. The molecule has 1 aliphatic rings. The van der Waals surface area contributed by atoms with Crippen molar-refractivity contribution >= 4 is 5.82 Å². The van der Waals surface area contributed by atoms with Crippen molar-refractivity contribution in [2.45, 2.75) is 64.7 Å². The first-order chi connectivity index (χ1) is 8.19. The van der Waals surface area contributed by atoms with Gasteiger partial charge in [0.1, 0.15) is 5.82 Å². The van der Waals surface area contributed by atoms with Gasteiger partial charge in [-0.15, -0.1) is 0 Å². The number of ether oxygens (including phenoxy) is 1. The normalized spacial score (nSPS) is 24.4. The minimum Gasteiger partial charge on any atom is -0.384 e. The molecule has 1 aromatic rings. The lowest BCUT2D eigenvalue weighted by Crippen LogP contribution is -2.18. The molecule has 0 radical (unpaired) electrons. The zero-order valence-corrected chi connectivity index (χ0v) is 10.9. The SMILES string of the molecule is CCCCc1cc(N)n(CC2CC[C@H](C)O2)n1. The highest BCUT2D eigenvalue weighted by molar-refractivity contribution is 5.30. The summed E-state index contributed by atoms with van der Waals surface area (Å²) in [5.74, 6) is 0.763. The van der Waals surface area contributed by atoms with E-state index in [2.05, 4.69) is 18.9 Å². The third-order valence-corrected chi connectivity index (χ3v) is 3.34. The monoisotopic (exact) mass is 237 g/mol. The molecule has 4 heteroatoms. The summed E-state index contributed by atoms with van der Waals surface area (Å²) in [6, 6.07) is 1.99. The number of nitrogen functional groups attached to an aromatic ring is 1. The molecule has 1 aromatic heterocycles. The molecule has 2 N–H and O–H groups in total. The Hall–Kier alpha value is -1.03. The Morgan fingerprint density at radius 2 is 2.35 bits per heavy atom. The zero-order valence-electron chi connectivity index (χ0n) is 10.9. The summed E-state index contributed by atoms with van der Waals surface area (Å²) in [5.41, 5.74) is 7.08. The number of hydrogen-bond donors (Lipinski definition) is 1. The number of aromatic nitrogens is 2. The van der Waals surface area contributed by atoms with Crippen LogP contribution in [0.2, 0.25) is 0 Å². The summed E-state index contributed by atoms with van der Waals surface area (Å²) in [6.07, 6.45) is 6.32. The predicted octanol–water partition coefficient (Wildman–Crippen LogP) is 2.38. The molecule has 17 heavy (non-hydrogen) atoms. The lowest BCUT2D eigenvalue weighted by atomic mass is 10.2. The number of anilines is 1. The van der Waals surface area contributed by atoms with Crippen molar-refractivity contribution in [3.8, 4) is 0 Å². The van der Waals surface area contributed by atoms with Crippen LogP contribution < -0.4 is 5.73 Å². The van der Waals surface area contributed by atoms with Crippen molar-refractivity contribution in [1.82, 2.24) is 9.78 Å². The van der Waals surface area contributed by atoms with E-state index in [0.29, 0.717) is 6.10 Å². The second-order valence-corrected chi connectivity index (χ2v) is 4.99. The number of rotatable bonds is 5. The van der Waals surface area contributed by atoms with Gasteiger partial charge in [0.05, 0.1) is 24.4 Å². The number of nitrogens with two attached hydrogens (primary N) is 1. The second kappa shape index (κ2) is 5.54. The fourth-order valence-electron chi connectivity index (χ4n) is 2.33. The van der Waals surface area contributed by atoms with Crippen LogP contribution in [0, 0.1) is 0 Å². The van der Waals surface area contributed by atoms with Gasteiger partial charge in [-0.1, -0.05) is 13.3 Å². The summed E-state index contributed by atoms with van der Waals surface area (Å²) >= 11 is 0. The lowest BCUT2D eigenvalue weighted by molar-refractivity contribution is 0.0440. The first-order valence-corrected chi connectivity index (χ1v) is 6.66. The van der Waals surface area contributed by atoms with E-state index in [-0.39, 0.29) is 6.10 Å². The maximum Gasteiger partial charge on any atom is 0.122 e. The first kappa shape index (κ1) is 12.4. The number of hydrogen-bond acceptors (Lipinski definition) is 3. The van der Waals surface area contributed by atoms with Gasteiger partial charge in [-0.2, -0.15) is 5.10 Å². The molecule has 4 nitrogen and oxygen atoms in total. The molecule has 1 saturated heterocycles. The van der Waals surface area contributed by atoms with E-state index >= 15 is 0 Å². The molecule has 0 aliphatic carbocycles. The van der Waals surface area contributed by atoms with Gasteiger partial charge in [0.25, 0.3) is 0 Å². The maximum absolute atomic E-state index is 5.97. The average Bonchev–Trinajstić information content (AvgIpc) is 2.84. The Morgan fingerprint density at radius 3 is 3.00 bits per heavy atom. The van der Waals surface area contributed by atoms with Gasteiger partial charge in [-0.3, -0.25) is 0 Å². The van der Waals surface area contributed by atoms with E-state index in [9.17, 15) is 0 Å². The van der Waals surface area contributed by atoms with Crippen LogP contribution >= 0.6 is 0 Å². The van der Waals surface area contributed by atoms with Crippen molar-refractivity contribution in [2.24, 2.45) is 0 Å². The Bertz CT molecular complexity index is 362. The average molecular weight is 237 g/mol. The molecule has 1 fully saturated rings. The van der Waals surface area contributed by atoms with E-state index in [4.69, 9.17) is 10.5 Å². The molecule has 0 saturated carbocycles. The van der Waals surface area contributed by atoms with Crippen LogP contribution in [-0.4, -0.2) is 22.0 Å². The smallest absolute Gasteiger partial charge is 0.122 e. The number of nitrogens with zero attached hydrogens (tertiary/aromatic N) is 2. The van der Waals surface area contributed by atoms with Crippen molar-refractivity contribution in [1.29, 1.82) is 0 Å². The third kappa shape index (κ3) is 3.22. The molecule has 0 amide bonds. The number of aryl methyl sites for hydroxylation is 1. The van der Waals surface area contributed by atoms with Crippen LogP contribution in [0.5, 0.6) is 0 Å². The Morgan fingerprint density at radius 1 is 1.53 bits per heavy atom. The summed E-state index contributed by atoms with van der Waals surface area (Å²) < 4.78 is 7.69. The summed E-state index contributed by atoms with van der Waals surface area (Å²) in [7, 11) is 0. The van der Waals surface area contributed by atoms with Crippen molar-refractivity contribution < 1.29 is 4.74 Å². The largest absolute Gasteiger partial charge is 0.384 e. The van der Waals surface area contributed by atoms with Gasteiger partial charge >= 0.3 is 0 Å². The van der Waals surface area contributed by atoms with E-state index < -0.39 is 0 Å². The van der Waals surface area contributed by atoms with Gasteiger partial charge in [0, 0.05) is 6.07 Å². The molecule has 96 valence electrons. The molecule has 2 atom stereocenters. The van der Waals surface area contributed by atoms with Crippen LogP contribution in [0.25, 0.3) is 0 Å². The molecular formula is C13H23N3O. The van der Waals surface area contributed by atoms with Crippen molar-refractivity contribution in [2.75, 3.05) is 5.73 Å². The van der Waals surface area contributed by atoms with Gasteiger partial charge in [-0.25, -0.2) is 4.68 Å². The van der Waals surface area contributed by atoms with Crippen molar-refractivity contribution in [3.05, 3.63) is 11.8 Å². The Kier molecular flexibility index (Phi) is 4.05. The molecule has 0 bridgehead atoms. The predicted molar refractivity (Wildman–Crippen MR) is 68.8 cm³/mol. The Labute approximate surface area is 103 Å². The number of unbranched alkanes of at least 4 members (excludes halogenated alkanes) is 1. The van der Waals surface area contributed by atoms with Gasteiger partial charge in [0.2, 0.25) is 0 Å². The van der Waals surface area contributed by atoms with Crippen LogP contribution in [0.3, 0.4) is 0 Å². The summed E-state index contributed by atoms with van der Waals surface area (Å²) in [6.45, 7) is 5.11. The summed E-state index contributed by atoms with van der Waals surface area (Å²) in [5, 5.41) is 4.55. The highest BCUT2D eigenvalue weighted by atomic mass is 16.5. The fraction of sp³-hybridized carbons (Fsp3) is 0.769. The van der Waals surface area contributed by atoms with Crippen molar-refractivity contribution in [3.63, 3.8) is 0 Å². The molecule has 1 unspecified atom stereocenters. The molecule has 2 heterocycles. The van der Waals surface area contributed by atoms with Gasteiger partial charge in [-0.05, 0) is 32.6 Å².